The zero-order valence-corrected chi connectivity index (χ0v) is 13.2. The zero-order chi connectivity index (χ0) is 15.0. The predicted octanol–water partition coefficient (Wildman–Crippen LogP) is 3.57. The summed E-state index contributed by atoms with van der Waals surface area (Å²) in [5.41, 5.74) is 2.65. The van der Waals surface area contributed by atoms with E-state index in [1.807, 2.05) is 37.3 Å². The molecule has 5 heteroatoms. The minimum atomic E-state index is -3.56. The lowest BCUT2D eigenvalue weighted by Crippen LogP contribution is -2.35. The lowest BCUT2D eigenvalue weighted by molar-refractivity contribution is 0.584. The van der Waals surface area contributed by atoms with Crippen LogP contribution in [0.1, 0.15) is 18.1 Å². The number of para-hydroxylation sites is 1. The molecule has 0 aromatic heterocycles. The highest BCUT2D eigenvalue weighted by molar-refractivity contribution is 7.92. The summed E-state index contributed by atoms with van der Waals surface area (Å²) in [6.45, 7) is 1.93. The van der Waals surface area contributed by atoms with Gasteiger partial charge in [0, 0.05) is 11.9 Å². The van der Waals surface area contributed by atoms with Gasteiger partial charge < -0.3 is 0 Å². The molecule has 110 valence electrons. The second-order valence-electron chi connectivity index (χ2n) is 5.26. The van der Waals surface area contributed by atoms with E-state index in [0.29, 0.717) is 10.8 Å². The van der Waals surface area contributed by atoms with E-state index in [1.165, 1.54) is 4.31 Å². The van der Waals surface area contributed by atoms with E-state index >= 15 is 0 Å². The lowest BCUT2D eigenvalue weighted by Gasteiger charge is -2.24. The third-order valence-corrected chi connectivity index (χ3v) is 5.99. The number of nitrogens with zero attached hydrogens (tertiary/aromatic N) is 1. The first-order valence-corrected chi connectivity index (χ1v) is 8.79. The van der Waals surface area contributed by atoms with Gasteiger partial charge in [0.1, 0.15) is 0 Å². The number of sulfonamides is 1. The highest BCUT2D eigenvalue weighted by Crippen LogP contribution is 2.36. The molecular formula is C16H16ClNO2S. The molecule has 3 rings (SSSR count). The van der Waals surface area contributed by atoms with Gasteiger partial charge in [-0.3, -0.25) is 4.31 Å². The maximum Gasteiger partial charge on any atom is 0.264 e. The smallest absolute Gasteiger partial charge is 0.263 e. The molecule has 1 unspecified atom stereocenters. The quantitative estimate of drug-likeness (QED) is 0.810. The standard InChI is InChI=1S/C16H16ClNO2S/c1-12-9-14-6-2-3-8-16(14)18(12)21(19,20)15-7-4-5-13(10-15)11-17/h2-8,10,12H,9,11H2,1H3. The largest absolute Gasteiger partial charge is 0.264 e. The second-order valence-corrected chi connectivity index (χ2v) is 7.35. The fourth-order valence-corrected chi connectivity index (χ4v) is 4.74. The molecule has 1 aliphatic rings. The van der Waals surface area contributed by atoms with Gasteiger partial charge in [-0.1, -0.05) is 30.3 Å². The monoisotopic (exact) mass is 321 g/mol. The Morgan fingerprint density at radius 3 is 2.71 bits per heavy atom. The molecule has 1 aliphatic heterocycles. The van der Waals surface area contributed by atoms with Crippen LogP contribution in [0.3, 0.4) is 0 Å². The second kappa shape index (κ2) is 5.35. The number of hydrogen-bond acceptors (Lipinski definition) is 2. The van der Waals surface area contributed by atoms with E-state index < -0.39 is 10.0 Å². The van der Waals surface area contributed by atoms with E-state index in [9.17, 15) is 8.42 Å². The number of alkyl halides is 1. The van der Waals surface area contributed by atoms with Crippen molar-refractivity contribution in [2.45, 2.75) is 30.2 Å². The minimum Gasteiger partial charge on any atom is -0.263 e. The molecule has 2 aromatic rings. The summed E-state index contributed by atoms with van der Waals surface area (Å²) in [6, 6.07) is 14.4. The van der Waals surface area contributed by atoms with Crippen LogP contribution < -0.4 is 4.31 Å². The molecule has 0 fully saturated rings. The summed E-state index contributed by atoms with van der Waals surface area (Å²) in [6.07, 6.45) is 0.741. The van der Waals surface area contributed by atoms with Gasteiger partial charge in [0.05, 0.1) is 10.6 Å². The van der Waals surface area contributed by atoms with Crippen LogP contribution in [-0.2, 0) is 22.3 Å². The van der Waals surface area contributed by atoms with Crippen molar-refractivity contribution in [2.24, 2.45) is 0 Å². The number of halogens is 1. The lowest BCUT2D eigenvalue weighted by atomic mass is 10.1. The molecule has 0 saturated heterocycles. The highest BCUT2D eigenvalue weighted by atomic mass is 35.5. The fourth-order valence-electron chi connectivity index (χ4n) is 2.81. The van der Waals surface area contributed by atoms with Crippen molar-refractivity contribution in [2.75, 3.05) is 4.31 Å². The van der Waals surface area contributed by atoms with Gasteiger partial charge in [-0.05, 0) is 42.7 Å². The van der Waals surface area contributed by atoms with Crippen LogP contribution in [0.2, 0.25) is 0 Å². The van der Waals surface area contributed by atoms with Crippen LogP contribution in [0.5, 0.6) is 0 Å². The van der Waals surface area contributed by atoms with Crippen LogP contribution in [0.25, 0.3) is 0 Å². The van der Waals surface area contributed by atoms with Crippen LogP contribution in [-0.4, -0.2) is 14.5 Å². The van der Waals surface area contributed by atoms with Crippen LogP contribution in [0.15, 0.2) is 53.4 Å². The minimum absolute atomic E-state index is 0.0768. The van der Waals surface area contributed by atoms with Crippen molar-refractivity contribution in [3.05, 3.63) is 59.7 Å². The molecule has 0 bridgehead atoms. The molecular weight excluding hydrogens is 306 g/mol. The molecule has 2 aromatic carbocycles. The Bertz CT molecular complexity index is 773. The van der Waals surface area contributed by atoms with Crippen molar-refractivity contribution < 1.29 is 8.42 Å². The van der Waals surface area contributed by atoms with Gasteiger partial charge in [-0.15, -0.1) is 11.6 Å². The van der Waals surface area contributed by atoms with Gasteiger partial charge in [0.25, 0.3) is 10.0 Å². The number of benzene rings is 2. The molecule has 0 saturated carbocycles. The van der Waals surface area contributed by atoms with Crippen LogP contribution >= 0.6 is 11.6 Å². The fraction of sp³-hybridized carbons (Fsp3) is 0.250. The molecule has 0 radical (unpaired) electrons. The summed E-state index contributed by atoms with van der Waals surface area (Å²) in [5, 5.41) is 0. The van der Waals surface area contributed by atoms with Crippen LogP contribution in [0, 0.1) is 0 Å². The Labute approximate surface area is 130 Å². The van der Waals surface area contributed by atoms with E-state index in [2.05, 4.69) is 0 Å². The van der Waals surface area contributed by atoms with Gasteiger partial charge in [0.2, 0.25) is 0 Å². The average Bonchev–Trinajstić information content (AvgIpc) is 2.83. The first kappa shape index (κ1) is 14.4. The van der Waals surface area contributed by atoms with Gasteiger partial charge in [-0.2, -0.15) is 0 Å². The van der Waals surface area contributed by atoms with E-state index in [0.717, 1.165) is 23.2 Å². The molecule has 0 spiro atoms. The molecule has 3 nitrogen and oxygen atoms in total. The Hall–Kier alpha value is -1.52. The maximum atomic E-state index is 13.0. The van der Waals surface area contributed by atoms with E-state index in [1.54, 1.807) is 18.2 Å². The molecule has 1 atom stereocenters. The summed E-state index contributed by atoms with van der Waals surface area (Å²) < 4.78 is 27.4. The van der Waals surface area contributed by atoms with Crippen molar-refractivity contribution in [3.63, 3.8) is 0 Å². The predicted molar refractivity (Wildman–Crippen MR) is 85.3 cm³/mol. The Morgan fingerprint density at radius 2 is 1.95 bits per heavy atom. The Balaban J connectivity index is 2.10. The van der Waals surface area contributed by atoms with Gasteiger partial charge in [-0.25, -0.2) is 8.42 Å². The summed E-state index contributed by atoms with van der Waals surface area (Å²) in [4.78, 5) is 0.296. The number of anilines is 1. The number of fused-ring (bicyclic) bond motifs is 1. The van der Waals surface area contributed by atoms with Crippen molar-refractivity contribution in [1.82, 2.24) is 0 Å². The molecule has 21 heavy (non-hydrogen) atoms. The first-order chi connectivity index (χ1) is 10.0. The van der Waals surface area contributed by atoms with Gasteiger partial charge in [0.15, 0.2) is 0 Å². The Kier molecular flexibility index (Phi) is 3.68. The normalized spacial score (nSPS) is 17.8. The maximum absolute atomic E-state index is 13.0. The zero-order valence-electron chi connectivity index (χ0n) is 11.7. The molecule has 0 N–H and O–H groups in total. The molecule has 1 heterocycles. The van der Waals surface area contributed by atoms with Crippen LogP contribution in [0.4, 0.5) is 5.69 Å². The highest BCUT2D eigenvalue weighted by Gasteiger charge is 2.35. The van der Waals surface area contributed by atoms with Crippen molar-refractivity contribution >= 4 is 27.3 Å². The molecule has 0 amide bonds. The van der Waals surface area contributed by atoms with Gasteiger partial charge >= 0.3 is 0 Å². The average molecular weight is 322 g/mol. The van der Waals surface area contributed by atoms with E-state index in [-0.39, 0.29) is 6.04 Å². The topological polar surface area (TPSA) is 37.4 Å². The van der Waals surface area contributed by atoms with E-state index in [4.69, 9.17) is 11.6 Å². The third-order valence-electron chi connectivity index (χ3n) is 3.75. The SMILES string of the molecule is CC1Cc2ccccc2N1S(=O)(=O)c1cccc(CCl)c1. The third kappa shape index (κ3) is 2.43. The summed E-state index contributed by atoms with van der Waals surface area (Å²) in [5.74, 6) is 0.301. The summed E-state index contributed by atoms with van der Waals surface area (Å²) in [7, 11) is -3.56. The first-order valence-electron chi connectivity index (χ1n) is 6.81. The summed E-state index contributed by atoms with van der Waals surface area (Å²) >= 11 is 5.81. The number of hydrogen-bond donors (Lipinski definition) is 0. The van der Waals surface area contributed by atoms with Crippen molar-refractivity contribution in [3.8, 4) is 0 Å². The molecule has 0 aliphatic carbocycles. The Morgan fingerprint density at radius 1 is 1.19 bits per heavy atom. The van der Waals surface area contributed by atoms with Crippen molar-refractivity contribution in [1.29, 1.82) is 0 Å². The number of rotatable bonds is 3.